The third kappa shape index (κ3) is 3.42. The Hall–Kier alpha value is -1.98. The predicted molar refractivity (Wildman–Crippen MR) is 67.9 cm³/mol. The molecule has 0 spiro atoms. The van der Waals surface area contributed by atoms with Crippen molar-refractivity contribution < 1.29 is 35.1 Å². The van der Waals surface area contributed by atoms with Crippen molar-refractivity contribution in [2.24, 2.45) is 0 Å². The average Bonchev–Trinajstić information content (AvgIpc) is 2.39. The number of nitrogens with one attached hydrogen (secondary N) is 1. The molecule has 0 bridgehead atoms. The molecule has 2 rings (SSSR count). The van der Waals surface area contributed by atoms with Gasteiger partial charge in [0.2, 0.25) is 0 Å². The highest BCUT2D eigenvalue weighted by atomic mass is 79.9. The molecule has 1 heterocycles. The lowest BCUT2D eigenvalue weighted by atomic mass is 10.1. The second kappa shape index (κ2) is 5.83. The van der Waals surface area contributed by atoms with Gasteiger partial charge in [0.05, 0.1) is 11.1 Å². The summed E-state index contributed by atoms with van der Waals surface area (Å²) in [4.78, 5) is 16.0. The molecule has 0 saturated carbocycles. The number of aromatic nitrogens is 2. The first kappa shape index (κ1) is 18.4. The quantitative estimate of drug-likeness (QED) is 0.687. The molecule has 0 unspecified atom stereocenters. The standard InChI is InChI=1S/C12H3BrF8N2O/c13-7-8(12(19,20)21)22-9(23-10(7)24)6-4(14)1-3(2-5(6)15)11(16,17)18/h1-2H,(H,22,23,24). The van der Waals surface area contributed by atoms with Gasteiger partial charge in [-0.2, -0.15) is 26.3 Å². The van der Waals surface area contributed by atoms with Crippen LogP contribution in [0.4, 0.5) is 35.1 Å². The maximum atomic E-state index is 13.8. The molecule has 1 N–H and O–H groups in total. The molecule has 1 aromatic carbocycles. The zero-order valence-corrected chi connectivity index (χ0v) is 12.5. The lowest BCUT2D eigenvalue weighted by molar-refractivity contribution is -0.142. The van der Waals surface area contributed by atoms with Crippen LogP contribution >= 0.6 is 15.9 Å². The molecule has 2 aromatic rings. The summed E-state index contributed by atoms with van der Waals surface area (Å²) in [6.45, 7) is 0. The number of benzene rings is 1. The second-order valence-corrected chi connectivity index (χ2v) is 5.18. The van der Waals surface area contributed by atoms with Crippen LogP contribution in [0.2, 0.25) is 0 Å². The number of H-pyrrole nitrogens is 1. The average molecular weight is 423 g/mol. The Morgan fingerprint density at radius 3 is 1.88 bits per heavy atom. The van der Waals surface area contributed by atoms with Crippen LogP contribution in [0, 0.1) is 11.6 Å². The summed E-state index contributed by atoms with van der Waals surface area (Å²) in [5.41, 5.74) is -6.19. The highest BCUT2D eigenvalue weighted by Crippen LogP contribution is 2.36. The van der Waals surface area contributed by atoms with Crippen molar-refractivity contribution in [3.63, 3.8) is 0 Å². The monoisotopic (exact) mass is 422 g/mol. The zero-order valence-electron chi connectivity index (χ0n) is 10.9. The lowest BCUT2D eigenvalue weighted by Crippen LogP contribution is -2.20. The van der Waals surface area contributed by atoms with Crippen molar-refractivity contribution in [1.29, 1.82) is 0 Å². The molecule has 24 heavy (non-hydrogen) atoms. The SMILES string of the molecule is O=c1[nH]c(-c2c(F)cc(C(F)(F)F)cc2F)nc(C(F)(F)F)c1Br. The highest BCUT2D eigenvalue weighted by molar-refractivity contribution is 9.10. The second-order valence-electron chi connectivity index (χ2n) is 4.39. The summed E-state index contributed by atoms with van der Waals surface area (Å²) in [5, 5.41) is 0. The van der Waals surface area contributed by atoms with Gasteiger partial charge in [0.15, 0.2) is 5.69 Å². The van der Waals surface area contributed by atoms with Crippen LogP contribution < -0.4 is 5.56 Å². The number of halogens is 9. The van der Waals surface area contributed by atoms with E-state index in [1.807, 2.05) is 0 Å². The Balaban J connectivity index is 2.74. The molecule has 0 aliphatic rings. The molecule has 0 aliphatic carbocycles. The van der Waals surface area contributed by atoms with Gasteiger partial charge in [-0.1, -0.05) is 0 Å². The first-order valence-electron chi connectivity index (χ1n) is 5.76. The summed E-state index contributed by atoms with van der Waals surface area (Å²) < 4.78 is 102. The third-order valence-corrected chi connectivity index (χ3v) is 3.47. The van der Waals surface area contributed by atoms with E-state index < -0.39 is 56.7 Å². The van der Waals surface area contributed by atoms with E-state index in [1.165, 1.54) is 0 Å². The summed E-state index contributed by atoms with van der Waals surface area (Å²) in [6, 6.07) is -0.235. The van der Waals surface area contributed by atoms with Gasteiger partial charge in [-0.25, -0.2) is 13.8 Å². The van der Waals surface area contributed by atoms with Crippen molar-refractivity contribution in [2.75, 3.05) is 0 Å². The van der Waals surface area contributed by atoms with Gasteiger partial charge >= 0.3 is 12.4 Å². The Bertz CT molecular complexity index is 833. The summed E-state index contributed by atoms with van der Waals surface area (Å²) in [5.74, 6) is -4.86. The van der Waals surface area contributed by atoms with E-state index in [1.54, 1.807) is 4.98 Å². The Kier molecular flexibility index (Phi) is 4.46. The molecule has 0 amide bonds. The van der Waals surface area contributed by atoms with E-state index in [4.69, 9.17) is 0 Å². The van der Waals surface area contributed by atoms with Crippen LogP contribution in [0.3, 0.4) is 0 Å². The largest absolute Gasteiger partial charge is 0.434 e. The van der Waals surface area contributed by atoms with Crippen LogP contribution in [0.5, 0.6) is 0 Å². The minimum Gasteiger partial charge on any atom is -0.305 e. The smallest absolute Gasteiger partial charge is 0.305 e. The van der Waals surface area contributed by atoms with Gasteiger partial charge in [0.1, 0.15) is 21.9 Å². The van der Waals surface area contributed by atoms with E-state index in [0.29, 0.717) is 0 Å². The van der Waals surface area contributed by atoms with Crippen molar-refractivity contribution in [1.82, 2.24) is 9.97 Å². The molecule has 0 atom stereocenters. The number of hydrogen-bond donors (Lipinski definition) is 1. The fourth-order valence-corrected chi connectivity index (χ4v) is 2.14. The van der Waals surface area contributed by atoms with E-state index in [-0.39, 0.29) is 12.1 Å². The maximum Gasteiger partial charge on any atom is 0.434 e. The zero-order chi connectivity index (χ0) is 18.4. The molecular formula is C12H3BrF8N2O. The first-order chi connectivity index (χ1) is 10.8. The van der Waals surface area contributed by atoms with E-state index in [0.717, 1.165) is 0 Å². The molecule has 1 aromatic heterocycles. The number of nitrogens with zero attached hydrogens (tertiary/aromatic N) is 1. The number of rotatable bonds is 1. The maximum absolute atomic E-state index is 13.8. The molecule has 0 fully saturated rings. The Labute approximate surface area is 135 Å². The minimum atomic E-state index is -5.14. The fourth-order valence-electron chi connectivity index (χ4n) is 1.73. The van der Waals surface area contributed by atoms with Crippen molar-refractivity contribution in [3.05, 3.63) is 49.9 Å². The van der Waals surface area contributed by atoms with Crippen LogP contribution in [0.1, 0.15) is 11.3 Å². The number of aromatic amines is 1. The van der Waals surface area contributed by atoms with Crippen LogP contribution in [0.15, 0.2) is 21.4 Å². The predicted octanol–water partition coefficient (Wildman–Crippen LogP) is 4.52. The Morgan fingerprint density at radius 1 is 0.958 bits per heavy atom. The minimum absolute atomic E-state index is 0.117. The van der Waals surface area contributed by atoms with Crippen molar-refractivity contribution in [3.8, 4) is 11.4 Å². The fraction of sp³-hybridized carbons (Fsp3) is 0.167. The molecule has 0 radical (unpaired) electrons. The molecule has 0 aliphatic heterocycles. The summed E-state index contributed by atoms with van der Waals surface area (Å²) in [7, 11) is 0. The van der Waals surface area contributed by atoms with Gasteiger partial charge in [0.25, 0.3) is 5.56 Å². The topological polar surface area (TPSA) is 45.8 Å². The van der Waals surface area contributed by atoms with Gasteiger partial charge < -0.3 is 4.98 Å². The van der Waals surface area contributed by atoms with Crippen LogP contribution in [-0.4, -0.2) is 9.97 Å². The van der Waals surface area contributed by atoms with Gasteiger partial charge in [0, 0.05) is 0 Å². The Morgan fingerprint density at radius 2 is 1.46 bits per heavy atom. The van der Waals surface area contributed by atoms with E-state index in [9.17, 15) is 39.9 Å². The van der Waals surface area contributed by atoms with E-state index >= 15 is 0 Å². The van der Waals surface area contributed by atoms with Crippen LogP contribution in [0.25, 0.3) is 11.4 Å². The highest BCUT2D eigenvalue weighted by Gasteiger charge is 2.38. The lowest BCUT2D eigenvalue weighted by Gasteiger charge is -2.12. The normalized spacial score (nSPS) is 12.5. The summed E-state index contributed by atoms with van der Waals surface area (Å²) in [6.07, 6.45) is -10.2. The molecular weight excluding hydrogens is 420 g/mol. The van der Waals surface area contributed by atoms with Gasteiger partial charge in [-0.05, 0) is 28.1 Å². The van der Waals surface area contributed by atoms with Crippen molar-refractivity contribution in [2.45, 2.75) is 12.4 Å². The molecule has 130 valence electrons. The molecule has 3 nitrogen and oxygen atoms in total. The van der Waals surface area contributed by atoms with Crippen LogP contribution in [-0.2, 0) is 12.4 Å². The van der Waals surface area contributed by atoms with Gasteiger partial charge in [-0.15, -0.1) is 0 Å². The third-order valence-electron chi connectivity index (χ3n) is 2.74. The number of hydrogen-bond acceptors (Lipinski definition) is 2. The number of alkyl halides is 6. The molecule has 0 saturated heterocycles. The molecule has 12 heteroatoms. The first-order valence-corrected chi connectivity index (χ1v) is 6.55. The summed E-state index contributed by atoms with van der Waals surface area (Å²) >= 11 is 2.33. The van der Waals surface area contributed by atoms with Crippen molar-refractivity contribution >= 4 is 15.9 Å². The van der Waals surface area contributed by atoms with E-state index in [2.05, 4.69) is 20.9 Å². The van der Waals surface area contributed by atoms with Gasteiger partial charge in [-0.3, -0.25) is 4.79 Å².